The molecule has 0 unspecified atom stereocenters. The lowest BCUT2D eigenvalue weighted by Crippen LogP contribution is -2.17. The lowest BCUT2D eigenvalue weighted by molar-refractivity contribution is 0.0474. The number of fused-ring (bicyclic) bond motifs is 1. The van der Waals surface area contributed by atoms with Gasteiger partial charge in [0.1, 0.15) is 19.0 Å². The highest BCUT2D eigenvalue weighted by molar-refractivity contribution is 7.92. The Hall–Kier alpha value is -4.05. The van der Waals surface area contributed by atoms with Crippen LogP contribution in [0.3, 0.4) is 0 Å². The van der Waals surface area contributed by atoms with Gasteiger partial charge in [-0.05, 0) is 48.5 Å². The fraction of sp³-hybridized carbons (Fsp3) is 0.167. The molecule has 10 heteroatoms. The van der Waals surface area contributed by atoms with Crippen LogP contribution >= 0.6 is 0 Å². The van der Waals surface area contributed by atoms with Gasteiger partial charge >= 0.3 is 5.97 Å². The minimum absolute atomic E-state index is 0.00934. The van der Waals surface area contributed by atoms with E-state index in [1.807, 2.05) is 0 Å². The van der Waals surface area contributed by atoms with Crippen molar-refractivity contribution in [3.63, 3.8) is 0 Å². The Morgan fingerprint density at radius 1 is 0.941 bits per heavy atom. The number of Topliss-reactive ketones (excluding diaryl/α,β-unsaturated/α-hetero) is 1. The first-order chi connectivity index (χ1) is 16.4. The molecule has 3 aromatic carbocycles. The Morgan fingerprint density at radius 2 is 1.65 bits per heavy atom. The molecule has 0 aliphatic carbocycles. The van der Waals surface area contributed by atoms with Crippen molar-refractivity contribution in [3.8, 4) is 17.2 Å². The fourth-order valence-corrected chi connectivity index (χ4v) is 4.32. The van der Waals surface area contributed by atoms with Gasteiger partial charge in [0.2, 0.25) is 5.78 Å². The van der Waals surface area contributed by atoms with Gasteiger partial charge < -0.3 is 18.9 Å². The molecule has 1 aliphatic rings. The Morgan fingerprint density at radius 3 is 2.38 bits per heavy atom. The van der Waals surface area contributed by atoms with E-state index in [1.54, 1.807) is 24.3 Å². The summed E-state index contributed by atoms with van der Waals surface area (Å²) >= 11 is 0. The molecule has 4 rings (SSSR count). The first-order valence-corrected chi connectivity index (χ1v) is 11.7. The minimum Gasteiger partial charge on any atom is -0.496 e. The molecule has 34 heavy (non-hydrogen) atoms. The molecule has 0 bridgehead atoms. The van der Waals surface area contributed by atoms with Crippen molar-refractivity contribution in [2.45, 2.75) is 4.90 Å². The number of methoxy groups -OCH3 is 1. The Kier molecular flexibility index (Phi) is 6.69. The number of para-hydroxylation sites is 1. The van der Waals surface area contributed by atoms with Crippen molar-refractivity contribution in [2.24, 2.45) is 0 Å². The van der Waals surface area contributed by atoms with Gasteiger partial charge in [0.25, 0.3) is 10.0 Å². The second-order valence-electron chi connectivity index (χ2n) is 7.19. The predicted molar refractivity (Wildman–Crippen MR) is 122 cm³/mol. The van der Waals surface area contributed by atoms with Crippen LogP contribution in [0.1, 0.15) is 20.7 Å². The molecule has 1 heterocycles. The number of anilines is 1. The largest absolute Gasteiger partial charge is 0.496 e. The Bertz CT molecular complexity index is 1320. The van der Waals surface area contributed by atoms with Crippen molar-refractivity contribution in [3.05, 3.63) is 77.9 Å². The van der Waals surface area contributed by atoms with Crippen LogP contribution in [0.4, 0.5) is 5.69 Å². The third-order valence-electron chi connectivity index (χ3n) is 4.94. The Balaban J connectivity index is 1.39. The molecule has 0 saturated carbocycles. The zero-order chi connectivity index (χ0) is 24.1. The van der Waals surface area contributed by atoms with Gasteiger partial charge in [0.15, 0.2) is 18.1 Å². The average Bonchev–Trinajstić information content (AvgIpc) is 2.87. The average molecular weight is 483 g/mol. The summed E-state index contributed by atoms with van der Waals surface area (Å²) in [4.78, 5) is 24.7. The maximum atomic E-state index is 12.7. The van der Waals surface area contributed by atoms with Crippen LogP contribution in [0, 0.1) is 0 Å². The van der Waals surface area contributed by atoms with E-state index in [4.69, 9.17) is 18.9 Å². The van der Waals surface area contributed by atoms with E-state index in [1.165, 1.54) is 49.6 Å². The maximum absolute atomic E-state index is 12.7. The van der Waals surface area contributed by atoms with Crippen molar-refractivity contribution in [1.82, 2.24) is 0 Å². The quantitative estimate of drug-likeness (QED) is 0.383. The van der Waals surface area contributed by atoms with Crippen LogP contribution in [-0.2, 0) is 14.8 Å². The molecule has 0 saturated heterocycles. The first-order valence-electron chi connectivity index (χ1n) is 10.2. The number of sulfonamides is 1. The summed E-state index contributed by atoms with van der Waals surface area (Å²) < 4.78 is 49.0. The number of carbonyl (C=O) groups is 2. The number of ketones is 1. The molecule has 0 spiro atoms. The third-order valence-corrected chi connectivity index (χ3v) is 6.32. The number of rotatable bonds is 8. The third kappa shape index (κ3) is 5.12. The molecular formula is C24H21NO8S. The predicted octanol–water partition coefficient (Wildman–Crippen LogP) is 3.31. The summed E-state index contributed by atoms with van der Waals surface area (Å²) in [7, 11) is -2.45. The molecule has 0 atom stereocenters. The summed E-state index contributed by atoms with van der Waals surface area (Å²) in [5.41, 5.74) is 0.716. The number of benzene rings is 3. The molecule has 3 aromatic rings. The van der Waals surface area contributed by atoms with E-state index < -0.39 is 28.4 Å². The molecule has 0 amide bonds. The fourth-order valence-electron chi connectivity index (χ4n) is 3.25. The Labute approximate surface area is 196 Å². The minimum atomic E-state index is -3.90. The van der Waals surface area contributed by atoms with Crippen LogP contribution in [0.5, 0.6) is 17.2 Å². The van der Waals surface area contributed by atoms with Gasteiger partial charge in [0.05, 0.1) is 23.1 Å². The monoisotopic (exact) mass is 483 g/mol. The van der Waals surface area contributed by atoms with E-state index in [0.717, 1.165) is 0 Å². The van der Waals surface area contributed by atoms with E-state index in [-0.39, 0.29) is 16.1 Å². The number of nitrogens with one attached hydrogen (secondary N) is 1. The number of esters is 1. The van der Waals surface area contributed by atoms with Crippen LogP contribution in [-0.4, -0.2) is 47.1 Å². The van der Waals surface area contributed by atoms with E-state index in [9.17, 15) is 18.0 Å². The SMILES string of the molecule is COc1ccccc1C(=O)COC(=O)c1ccc(NS(=O)(=O)c2ccc3c(c2)OCCO3)cc1. The molecule has 176 valence electrons. The van der Waals surface area contributed by atoms with Crippen LogP contribution < -0.4 is 18.9 Å². The highest BCUT2D eigenvalue weighted by Crippen LogP contribution is 2.32. The van der Waals surface area contributed by atoms with Crippen LogP contribution in [0.25, 0.3) is 0 Å². The highest BCUT2D eigenvalue weighted by Gasteiger charge is 2.20. The number of hydrogen-bond donors (Lipinski definition) is 1. The van der Waals surface area contributed by atoms with E-state index >= 15 is 0 Å². The van der Waals surface area contributed by atoms with Crippen molar-refractivity contribution in [2.75, 3.05) is 31.7 Å². The molecule has 0 radical (unpaired) electrons. The van der Waals surface area contributed by atoms with Gasteiger partial charge in [-0.25, -0.2) is 13.2 Å². The first kappa shape index (κ1) is 23.1. The smallest absolute Gasteiger partial charge is 0.338 e. The van der Waals surface area contributed by atoms with Crippen LogP contribution in [0.2, 0.25) is 0 Å². The lowest BCUT2D eigenvalue weighted by Gasteiger charge is -2.19. The summed E-state index contributed by atoms with van der Waals surface area (Å²) in [6.07, 6.45) is 0. The number of ether oxygens (including phenoxy) is 4. The van der Waals surface area contributed by atoms with E-state index in [2.05, 4.69) is 4.72 Å². The van der Waals surface area contributed by atoms with E-state index in [0.29, 0.717) is 36.0 Å². The standard InChI is InChI=1S/C24H21NO8S/c1-30-21-5-3-2-4-19(21)20(26)15-33-24(27)16-6-8-17(9-7-16)25-34(28,29)18-10-11-22-23(14-18)32-13-12-31-22/h2-11,14,25H,12-13,15H2,1H3. The summed E-state index contributed by atoms with van der Waals surface area (Å²) in [5.74, 6) is 0.101. The summed E-state index contributed by atoms with van der Waals surface area (Å²) in [5, 5.41) is 0. The zero-order valence-electron chi connectivity index (χ0n) is 18.1. The summed E-state index contributed by atoms with van der Waals surface area (Å²) in [6.45, 7) is 0.282. The highest BCUT2D eigenvalue weighted by atomic mass is 32.2. The number of carbonyl (C=O) groups excluding carboxylic acids is 2. The molecule has 0 aromatic heterocycles. The van der Waals surface area contributed by atoms with Gasteiger partial charge in [-0.2, -0.15) is 0 Å². The second-order valence-corrected chi connectivity index (χ2v) is 8.87. The molecular weight excluding hydrogens is 462 g/mol. The van der Waals surface area contributed by atoms with Gasteiger partial charge in [-0.15, -0.1) is 0 Å². The van der Waals surface area contributed by atoms with Crippen LogP contribution in [0.15, 0.2) is 71.6 Å². The number of hydrogen-bond acceptors (Lipinski definition) is 8. The van der Waals surface area contributed by atoms with Crippen molar-refractivity contribution in [1.29, 1.82) is 0 Å². The summed E-state index contributed by atoms with van der Waals surface area (Å²) in [6, 6.07) is 16.6. The zero-order valence-corrected chi connectivity index (χ0v) is 19.0. The molecule has 0 fully saturated rings. The lowest BCUT2D eigenvalue weighted by atomic mass is 10.1. The van der Waals surface area contributed by atoms with Crippen molar-refractivity contribution >= 4 is 27.5 Å². The normalized spacial score (nSPS) is 12.5. The van der Waals surface area contributed by atoms with Gasteiger partial charge in [0, 0.05) is 11.8 Å². The van der Waals surface area contributed by atoms with Gasteiger partial charge in [-0.1, -0.05) is 12.1 Å². The van der Waals surface area contributed by atoms with Gasteiger partial charge in [-0.3, -0.25) is 9.52 Å². The second kappa shape index (κ2) is 9.84. The molecule has 1 N–H and O–H groups in total. The maximum Gasteiger partial charge on any atom is 0.338 e. The topological polar surface area (TPSA) is 117 Å². The molecule has 1 aliphatic heterocycles. The van der Waals surface area contributed by atoms with Crippen molar-refractivity contribution < 1.29 is 37.0 Å². The molecule has 9 nitrogen and oxygen atoms in total.